The summed E-state index contributed by atoms with van der Waals surface area (Å²) in [5.41, 5.74) is 0.815. The molecule has 1 heterocycles. The Morgan fingerprint density at radius 2 is 2.00 bits per heavy atom. The molecule has 0 atom stereocenters. The molecule has 0 radical (unpaired) electrons. The molecule has 0 aliphatic rings. The van der Waals surface area contributed by atoms with E-state index in [-0.39, 0.29) is 5.91 Å². The molecule has 0 fully saturated rings. The molecule has 0 aliphatic heterocycles. The highest BCUT2D eigenvalue weighted by molar-refractivity contribution is 7.15. The van der Waals surface area contributed by atoms with Crippen molar-refractivity contribution in [3.63, 3.8) is 0 Å². The SMILES string of the molecule is COCc1nnc(NC(=O)C=Cc2ccc(OC)c(OC)c2)s1. The number of anilines is 1. The predicted octanol–water partition coefficient (Wildman–Crippen LogP) is 2.35. The van der Waals surface area contributed by atoms with E-state index in [1.807, 2.05) is 6.07 Å². The summed E-state index contributed by atoms with van der Waals surface area (Å²) in [5.74, 6) is 0.942. The number of carbonyl (C=O) groups is 1. The van der Waals surface area contributed by atoms with E-state index in [1.54, 1.807) is 39.5 Å². The van der Waals surface area contributed by atoms with E-state index in [9.17, 15) is 4.79 Å². The lowest BCUT2D eigenvalue weighted by Gasteiger charge is -2.07. The lowest BCUT2D eigenvalue weighted by molar-refractivity contribution is -0.111. The Morgan fingerprint density at radius 3 is 2.70 bits per heavy atom. The molecular weight excluding hydrogens is 318 g/mol. The molecule has 0 saturated heterocycles. The van der Waals surface area contributed by atoms with Gasteiger partial charge in [-0.25, -0.2) is 0 Å². The first kappa shape index (κ1) is 16.9. The lowest BCUT2D eigenvalue weighted by Crippen LogP contribution is -2.07. The first-order valence-electron chi connectivity index (χ1n) is 6.68. The fraction of sp³-hybridized carbons (Fsp3) is 0.267. The third-order valence-electron chi connectivity index (χ3n) is 2.80. The number of hydrogen-bond acceptors (Lipinski definition) is 7. The summed E-state index contributed by atoms with van der Waals surface area (Å²) in [6.07, 6.45) is 3.09. The molecule has 0 unspecified atom stereocenters. The fourth-order valence-corrected chi connectivity index (χ4v) is 2.48. The third kappa shape index (κ3) is 4.76. The average molecular weight is 335 g/mol. The minimum Gasteiger partial charge on any atom is -0.493 e. The van der Waals surface area contributed by atoms with Gasteiger partial charge in [-0.15, -0.1) is 10.2 Å². The van der Waals surface area contributed by atoms with Crippen LogP contribution in [0.3, 0.4) is 0 Å². The number of benzene rings is 1. The molecule has 7 nitrogen and oxygen atoms in total. The molecule has 0 saturated carbocycles. The summed E-state index contributed by atoms with van der Waals surface area (Å²) in [5, 5.41) is 11.5. The van der Waals surface area contributed by atoms with Crippen molar-refractivity contribution in [3.8, 4) is 11.5 Å². The number of hydrogen-bond donors (Lipinski definition) is 1. The number of amides is 1. The number of methoxy groups -OCH3 is 3. The van der Waals surface area contributed by atoms with Crippen molar-refractivity contribution in [2.24, 2.45) is 0 Å². The van der Waals surface area contributed by atoms with Crippen LogP contribution in [-0.4, -0.2) is 37.4 Å². The molecule has 1 N–H and O–H groups in total. The smallest absolute Gasteiger partial charge is 0.250 e. The second-order valence-electron chi connectivity index (χ2n) is 4.37. The molecule has 2 aromatic rings. The molecule has 0 spiro atoms. The van der Waals surface area contributed by atoms with Gasteiger partial charge < -0.3 is 14.2 Å². The lowest BCUT2D eigenvalue weighted by atomic mass is 10.2. The zero-order valence-corrected chi connectivity index (χ0v) is 13.8. The van der Waals surface area contributed by atoms with Gasteiger partial charge in [-0.05, 0) is 23.8 Å². The number of nitrogens with zero attached hydrogens (tertiary/aromatic N) is 2. The van der Waals surface area contributed by atoms with Crippen LogP contribution in [0.4, 0.5) is 5.13 Å². The first-order valence-corrected chi connectivity index (χ1v) is 7.50. The number of aromatic nitrogens is 2. The molecule has 1 aromatic heterocycles. The zero-order chi connectivity index (χ0) is 16.7. The Hall–Kier alpha value is -2.45. The van der Waals surface area contributed by atoms with Crippen molar-refractivity contribution < 1.29 is 19.0 Å². The van der Waals surface area contributed by atoms with Crippen LogP contribution in [0.15, 0.2) is 24.3 Å². The molecule has 122 valence electrons. The number of carbonyl (C=O) groups excluding carboxylic acids is 1. The zero-order valence-electron chi connectivity index (χ0n) is 13.0. The van der Waals surface area contributed by atoms with Gasteiger partial charge in [-0.3, -0.25) is 10.1 Å². The second-order valence-corrected chi connectivity index (χ2v) is 5.43. The molecule has 1 amide bonds. The van der Waals surface area contributed by atoms with E-state index < -0.39 is 0 Å². The normalized spacial score (nSPS) is 10.7. The van der Waals surface area contributed by atoms with E-state index in [1.165, 1.54) is 17.4 Å². The van der Waals surface area contributed by atoms with Gasteiger partial charge in [0.1, 0.15) is 11.6 Å². The van der Waals surface area contributed by atoms with Gasteiger partial charge in [0.05, 0.1) is 14.2 Å². The topological polar surface area (TPSA) is 82.6 Å². The van der Waals surface area contributed by atoms with Gasteiger partial charge in [0, 0.05) is 13.2 Å². The summed E-state index contributed by atoms with van der Waals surface area (Å²) in [6, 6.07) is 5.38. The second kappa shape index (κ2) is 8.25. The van der Waals surface area contributed by atoms with Crippen LogP contribution < -0.4 is 14.8 Å². The van der Waals surface area contributed by atoms with Crippen LogP contribution in [0.2, 0.25) is 0 Å². The van der Waals surface area contributed by atoms with Gasteiger partial charge >= 0.3 is 0 Å². The molecule has 23 heavy (non-hydrogen) atoms. The molecular formula is C15H17N3O4S. The van der Waals surface area contributed by atoms with Crippen LogP contribution >= 0.6 is 11.3 Å². The summed E-state index contributed by atoms with van der Waals surface area (Å²) in [6.45, 7) is 0.370. The maximum absolute atomic E-state index is 11.9. The van der Waals surface area contributed by atoms with E-state index >= 15 is 0 Å². The van der Waals surface area contributed by atoms with Crippen molar-refractivity contribution in [2.75, 3.05) is 26.6 Å². The first-order chi connectivity index (χ1) is 11.2. The maximum Gasteiger partial charge on any atom is 0.250 e. The van der Waals surface area contributed by atoms with Crippen LogP contribution in [0.1, 0.15) is 10.6 Å². The van der Waals surface area contributed by atoms with Crippen molar-refractivity contribution >= 4 is 28.5 Å². The largest absolute Gasteiger partial charge is 0.493 e. The fourth-order valence-electron chi connectivity index (χ4n) is 1.76. The molecule has 1 aromatic carbocycles. The summed E-state index contributed by atoms with van der Waals surface area (Å²) in [4.78, 5) is 11.9. The average Bonchev–Trinajstić information content (AvgIpc) is 3.00. The van der Waals surface area contributed by atoms with Crippen LogP contribution in [0, 0.1) is 0 Å². The van der Waals surface area contributed by atoms with E-state index in [0.717, 1.165) is 5.56 Å². The quantitative estimate of drug-likeness (QED) is 0.782. The summed E-state index contributed by atoms with van der Waals surface area (Å²) in [7, 11) is 4.71. The van der Waals surface area contributed by atoms with Gasteiger partial charge in [-0.1, -0.05) is 17.4 Å². The van der Waals surface area contributed by atoms with Crippen molar-refractivity contribution in [2.45, 2.75) is 6.61 Å². The minimum absolute atomic E-state index is 0.292. The van der Waals surface area contributed by atoms with Gasteiger partial charge in [0.2, 0.25) is 11.0 Å². The van der Waals surface area contributed by atoms with Crippen LogP contribution in [-0.2, 0) is 16.1 Å². The third-order valence-corrected chi connectivity index (χ3v) is 3.61. The molecule has 8 heteroatoms. The van der Waals surface area contributed by atoms with Crippen LogP contribution in [0.5, 0.6) is 11.5 Å². The highest BCUT2D eigenvalue weighted by atomic mass is 32.1. The van der Waals surface area contributed by atoms with Crippen molar-refractivity contribution in [1.82, 2.24) is 10.2 Å². The Morgan fingerprint density at radius 1 is 1.22 bits per heavy atom. The Balaban J connectivity index is 2.00. The highest BCUT2D eigenvalue weighted by Gasteiger charge is 2.06. The molecule has 0 aliphatic carbocycles. The molecule has 2 rings (SSSR count). The summed E-state index contributed by atoms with van der Waals surface area (Å²) >= 11 is 1.27. The van der Waals surface area contributed by atoms with E-state index in [2.05, 4.69) is 15.5 Å². The number of nitrogens with one attached hydrogen (secondary N) is 1. The Labute approximate surface area is 137 Å². The predicted molar refractivity (Wildman–Crippen MR) is 87.8 cm³/mol. The highest BCUT2D eigenvalue weighted by Crippen LogP contribution is 2.28. The van der Waals surface area contributed by atoms with Gasteiger partial charge in [0.25, 0.3) is 0 Å². The van der Waals surface area contributed by atoms with E-state index in [0.29, 0.717) is 28.2 Å². The van der Waals surface area contributed by atoms with E-state index in [4.69, 9.17) is 14.2 Å². The van der Waals surface area contributed by atoms with Crippen LogP contribution in [0.25, 0.3) is 6.08 Å². The van der Waals surface area contributed by atoms with Gasteiger partial charge in [-0.2, -0.15) is 0 Å². The Kier molecular flexibility index (Phi) is 6.07. The van der Waals surface area contributed by atoms with Crippen molar-refractivity contribution in [3.05, 3.63) is 34.8 Å². The Bertz CT molecular complexity index is 700. The van der Waals surface area contributed by atoms with Gasteiger partial charge in [0.15, 0.2) is 11.5 Å². The summed E-state index contributed by atoms with van der Waals surface area (Å²) < 4.78 is 15.3. The monoisotopic (exact) mass is 335 g/mol. The minimum atomic E-state index is -0.292. The standard InChI is InChI=1S/C15H17N3O4S/c1-20-9-14-17-18-15(23-14)16-13(19)7-5-10-4-6-11(21-2)12(8-10)22-3/h4-8H,9H2,1-3H3,(H,16,18,19). The molecule has 0 bridgehead atoms. The number of ether oxygens (including phenoxy) is 3. The number of rotatable bonds is 7. The maximum atomic E-state index is 11.9. The van der Waals surface area contributed by atoms with Crippen molar-refractivity contribution in [1.29, 1.82) is 0 Å².